The van der Waals surface area contributed by atoms with Crippen molar-refractivity contribution >= 4 is 5.97 Å². The molecule has 0 aliphatic heterocycles. The lowest BCUT2D eigenvalue weighted by molar-refractivity contribution is -0.139. The van der Waals surface area contributed by atoms with E-state index in [1.54, 1.807) is 0 Å². The standard InChI is InChI=1S/C16H31NO2/c1-5-6-14(15(18)19)17-11-12-7-9-13(10-8-12)16(2,3)4/h12-14,17H,5-11H2,1-4H3,(H,18,19). The van der Waals surface area contributed by atoms with E-state index in [1.165, 1.54) is 25.7 Å². The molecule has 1 rings (SSSR count). The van der Waals surface area contributed by atoms with E-state index in [4.69, 9.17) is 5.11 Å². The predicted octanol–water partition coefficient (Wildman–Crippen LogP) is 3.68. The minimum absolute atomic E-state index is 0.356. The van der Waals surface area contributed by atoms with Crippen molar-refractivity contribution in [2.24, 2.45) is 17.3 Å². The van der Waals surface area contributed by atoms with Crippen molar-refractivity contribution in [2.75, 3.05) is 6.54 Å². The molecule has 3 nitrogen and oxygen atoms in total. The topological polar surface area (TPSA) is 49.3 Å². The molecule has 0 aromatic rings. The van der Waals surface area contributed by atoms with E-state index in [9.17, 15) is 4.79 Å². The highest BCUT2D eigenvalue weighted by molar-refractivity contribution is 5.73. The van der Waals surface area contributed by atoms with E-state index in [0.717, 1.165) is 25.3 Å². The molecule has 1 unspecified atom stereocenters. The lowest BCUT2D eigenvalue weighted by Crippen LogP contribution is -2.40. The molecule has 0 aromatic carbocycles. The molecular weight excluding hydrogens is 238 g/mol. The second kappa shape index (κ2) is 7.28. The van der Waals surface area contributed by atoms with Gasteiger partial charge in [0.25, 0.3) is 0 Å². The number of hydrogen-bond donors (Lipinski definition) is 2. The smallest absolute Gasteiger partial charge is 0.320 e. The van der Waals surface area contributed by atoms with Gasteiger partial charge >= 0.3 is 5.97 Å². The number of carbonyl (C=O) groups is 1. The number of carboxylic acid groups (broad SMARTS) is 1. The van der Waals surface area contributed by atoms with E-state index < -0.39 is 5.97 Å². The van der Waals surface area contributed by atoms with Gasteiger partial charge in [0.2, 0.25) is 0 Å². The summed E-state index contributed by atoms with van der Waals surface area (Å²) in [5.74, 6) is 0.789. The van der Waals surface area contributed by atoms with Gasteiger partial charge in [-0.2, -0.15) is 0 Å². The predicted molar refractivity (Wildman–Crippen MR) is 79.2 cm³/mol. The van der Waals surface area contributed by atoms with Crippen LogP contribution >= 0.6 is 0 Å². The maximum Gasteiger partial charge on any atom is 0.320 e. The van der Waals surface area contributed by atoms with Crippen LogP contribution in [0.2, 0.25) is 0 Å². The van der Waals surface area contributed by atoms with Gasteiger partial charge in [-0.1, -0.05) is 34.1 Å². The second-order valence-corrected chi connectivity index (χ2v) is 7.17. The Morgan fingerprint density at radius 1 is 1.26 bits per heavy atom. The van der Waals surface area contributed by atoms with Gasteiger partial charge in [0.15, 0.2) is 0 Å². The molecule has 0 heterocycles. The fourth-order valence-corrected chi connectivity index (χ4v) is 3.14. The van der Waals surface area contributed by atoms with Crippen LogP contribution < -0.4 is 5.32 Å². The van der Waals surface area contributed by atoms with Crippen molar-refractivity contribution in [1.29, 1.82) is 0 Å². The van der Waals surface area contributed by atoms with E-state index >= 15 is 0 Å². The van der Waals surface area contributed by atoms with Crippen molar-refractivity contribution in [3.05, 3.63) is 0 Å². The largest absolute Gasteiger partial charge is 0.480 e. The van der Waals surface area contributed by atoms with E-state index in [-0.39, 0.29) is 6.04 Å². The summed E-state index contributed by atoms with van der Waals surface area (Å²) in [7, 11) is 0. The zero-order valence-electron chi connectivity index (χ0n) is 13.0. The van der Waals surface area contributed by atoms with Crippen LogP contribution in [0.5, 0.6) is 0 Å². The summed E-state index contributed by atoms with van der Waals surface area (Å²) in [5, 5.41) is 12.4. The Labute approximate surface area is 118 Å². The third-order valence-electron chi connectivity index (χ3n) is 4.60. The highest BCUT2D eigenvalue weighted by Gasteiger charge is 2.30. The number of hydrogen-bond acceptors (Lipinski definition) is 2. The molecule has 3 heteroatoms. The Balaban J connectivity index is 2.31. The monoisotopic (exact) mass is 269 g/mol. The second-order valence-electron chi connectivity index (χ2n) is 7.17. The molecule has 19 heavy (non-hydrogen) atoms. The fourth-order valence-electron chi connectivity index (χ4n) is 3.14. The van der Waals surface area contributed by atoms with Crippen LogP contribution in [0.15, 0.2) is 0 Å². The Morgan fingerprint density at radius 3 is 2.26 bits per heavy atom. The van der Waals surface area contributed by atoms with Gasteiger partial charge in [0.05, 0.1) is 0 Å². The Kier molecular flexibility index (Phi) is 6.31. The van der Waals surface area contributed by atoms with Crippen molar-refractivity contribution in [2.45, 2.75) is 72.3 Å². The molecule has 0 radical (unpaired) electrons. The summed E-state index contributed by atoms with van der Waals surface area (Å²) in [6, 6.07) is -0.356. The summed E-state index contributed by atoms with van der Waals surface area (Å²) < 4.78 is 0. The average molecular weight is 269 g/mol. The first-order valence-electron chi connectivity index (χ1n) is 7.80. The summed E-state index contributed by atoms with van der Waals surface area (Å²) in [6.45, 7) is 9.90. The maximum atomic E-state index is 11.1. The molecule has 1 atom stereocenters. The minimum Gasteiger partial charge on any atom is -0.480 e. The summed E-state index contributed by atoms with van der Waals surface area (Å²) in [4.78, 5) is 11.1. The van der Waals surface area contributed by atoms with Crippen LogP contribution in [0.1, 0.15) is 66.2 Å². The fraction of sp³-hybridized carbons (Fsp3) is 0.938. The first-order valence-corrected chi connectivity index (χ1v) is 7.80. The van der Waals surface area contributed by atoms with Crippen molar-refractivity contribution < 1.29 is 9.90 Å². The normalized spacial score (nSPS) is 26.1. The van der Waals surface area contributed by atoms with Crippen LogP contribution in [0.25, 0.3) is 0 Å². The zero-order chi connectivity index (χ0) is 14.5. The third kappa shape index (κ3) is 5.52. The molecule has 1 fully saturated rings. The number of aliphatic carboxylic acids is 1. The van der Waals surface area contributed by atoms with Crippen molar-refractivity contribution in [3.8, 4) is 0 Å². The van der Waals surface area contributed by atoms with E-state index in [2.05, 4.69) is 26.1 Å². The van der Waals surface area contributed by atoms with Gasteiger partial charge in [0.1, 0.15) is 6.04 Å². The maximum absolute atomic E-state index is 11.1. The number of rotatable bonds is 6. The van der Waals surface area contributed by atoms with Gasteiger partial charge in [-0.3, -0.25) is 4.79 Å². The molecule has 1 saturated carbocycles. The Bertz CT molecular complexity index is 275. The number of nitrogens with one attached hydrogen (secondary N) is 1. The van der Waals surface area contributed by atoms with Crippen LogP contribution in [-0.2, 0) is 4.79 Å². The van der Waals surface area contributed by atoms with Crippen molar-refractivity contribution in [1.82, 2.24) is 5.32 Å². The molecular formula is C16H31NO2. The number of carboxylic acids is 1. The lowest BCUT2D eigenvalue weighted by Gasteiger charge is -2.37. The highest BCUT2D eigenvalue weighted by Crippen LogP contribution is 2.39. The van der Waals surface area contributed by atoms with Gasteiger partial charge in [0, 0.05) is 0 Å². The lowest BCUT2D eigenvalue weighted by atomic mass is 9.70. The molecule has 1 aliphatic carbocycles. The molecule has 1 aliphatic rings. The van der Waals surface area contributed by atoms with Crippen LogP contribution in [0.3, 0.4) is 0 Å². The van der Waals surface area contributed by atoms with Gasteiger partial charge in [-0.05, 0) is 55.9 Å². The Hall–Kier alpha value is -0.570. The highest BCUT2D eigenvalue weighted by atomic mass is 16.4. The average Bonchev–Trinajstić information content (AvgIpc) is 2.33. The SMILES string of the molecule is CCCC(NCC1CCC(C(C)(C)C)CC1)C(=O)O. The van der Waals surface area contributed by atoms with Crippen LogP contribution in [-0.4, -0.2) is 23.7 Å². The van der Waals surface area contributed by atoms with Gasteiger partial charge < -0.3 is 10.4 Å². The molecule has 0 aromatic heterocycles. The van der Waals surface area contributed by atoms with Crippen LogP contribution in [0.4, 0.5) is 0 Å². The zero-order valence-corrected chi connectivity index (χ0v) is 13.0. The minimum atomic E-state index is -0.703. The van der Waals surface area contributed by atoms with Gasteiger partial charge in [-0.25, -0.2) is 0 Å². The molecule has 112 valence electrons. The summed E-state index contributed by atoms with van der Waals surface area (Å²) in [6.07, 6.45) is 6.72. The molecule has 2 N–H and O–H groups in total. The molecule has 0 spiro atoms. The first kappa shape index (κ1) is 16.5. The van der Waals surface area contributed by atoms with E-state index in [1.807, 2.05) is 6.92 Å². The summed E-state index contributed by atoms with van der Waals surface area (Å²) in [5.41, 5.74) is 0.421. The van der Waals surface area contributed by atoms with Crippen molar-refractivity contribution in [3.63, 3.8) is 0 Å². The quantitative estimate of drug-likeness (QED) is 0.773. The molecule has 0 saturated heterocycles. The molecule has 0 amide bonds. The van der Waals surface area contributed by atoms with E-state index in [0.29, 0.717) is 11.3 Å². The first-order chi connectivity index (χ1) is 8.84. The Morgan fingerprint density at radius 2 is 1.84 bits per heavy atom. The van der Waals surface area contributed by atoms with Gasteiger partial charge in [-0.15, -0.1) is 0 Å². The summed E-state index contributed by atoms with van der Waals surface area (Å²) >= 11 is 0. The third-order valence-corrected chi connectivity index (χ3v) is 4.60. The van der Waals surface area contributed by atoms with Crippen LogP contribution in [0, 0.1) is 17.3 Å². The molecule has 0 bridgehead atoms.